The van der Waals surface area contributed by atoms with Gasteiger partial charge in [-0.05, 0) is 37.0 Å². The molecule has 1 aromatic heterocycles. The summed E-state index contributed by atoms with van der Waals surface area (Å²) >= 11 is 0. The third-order valence-corrected chi connectivity index (χ3v) is 4.21. The Balaban J connectivity index is 1.46. The molecular formula is C15H16N2O2. The minimum absolute atomic E-state index is 0.0191. The van der Waals surface area contributed by atoms with Crippen molar-refractivity contribution in [3.63, 3.8) is 0 Å². The second-order valence-electron chi connectivity index (χ2n) is 5.55. The van der Waals surface area contributed by atoms with Crippen LogP contribution in [0.25, 0.3) is 11.0 Å². The highest BCUT2D eigenvalue weighted by atomic mass is 16.3. The van der Waals surface area contributed by atoms with Gasteiger partial charge in [0, 0.05) is 24.0 Å². The van der Waals surface area contributed by atoms with Crippen LogP contribution in [0.4, 0.5) is 0 Å². The van der Waals surface area contributed by atoms with Crippen LogP contribution in [0.15, 0.2) is 34.9 Å². The Morgan fingerprint density at radius 2 is 2.32 bits per heavy atom. The van der Waals surface area contributed by atoms with Crippen molar-refractivity contribution < 1.29 is 9.21 Å². The Labute approximate surface area is 111 Å². The van der Waals surface area contributed by atoms with Crippen LogP contribution in [0, 0.1) is 5.92 Å². The number of fused-ring (bicyclic) bond motifs is 2. The number of carbonyl (C=O) groups excluding carboxylic acids is 1. The maximum atomic E-state index is 12.2. The van der Waals surface area contributed by atoms with Crippen molar-refractivity contribution in [3.8, 4) is 0 Å². The third-order valence-electron chi connectivity index (χ3n) is 4.21. The Hall–Kier alpha value is -1.81. The maximum Gasteiger partial charge on any atom is 0.252 e. The lowest BCUT2D eigenvalue weighted by Gasteiger charge is -2.14. The summed E-state index contributed by atoms with van der Waals surface area (Å²) < 4.78 is 5.31. The number of rotatable bonds is 3. The van der Waals surface area contributed by atoms with Crippen molar-refractivity contribution in [2.45, 2.75) is 24.9 Å². The largest absolute Gasteiger partial charge is 0.464 e. The van der Waals surface area contributed by atoms with E-state index in [9.17, 15) is 4.79 Å². The number of nitrogens with one attached hydrogen (secondary N) is 2. The minimum atomic E-state index is -0.0191. The molecule has 1 saturated heterocycles. The summed E-state index contributed by atoms with van der Waals surface area (Å²) in [5, 5.41) is 7.43. The van der Waals surface area contributed by atoms with Gasteiger partial charge in [-0.1, -0.05) is 6.07 Å². The molecule has 0 unspecified atom stereocenters. The summed E-state index contributed by atoms with van der Waals surface area (Å²) in [7, 11) is 0. The third kappa shape index (κ3) is 1.92. The Bertz CT molecular complexity index is 624. The van der Waals surface area contributed by atoms with Gasteiger partial charge in [-0.25, -0.2) is 0 Å². The molecule has 1 saturated carbocycles. The quantitative estimate of drug-likeness (QED) is 0.882. The predicted molar refractivity (Wildman–Crippen MR) is 72.0 cm³/mol. The lowest BCUT2D eigenvalue weighted by molar-refractivity contribution is 0.0951. The van der Waals surface area contributed by atoms with Crippen molar-refractivity contribution in [1.29, 1.82) is 0 Å². The highest BCUT2D eigenvalue weighted by Crippen LogP contribution is 2.40. The van der Waals surface area contributed by atoms with E-state index in [2.05, 4.69) is 10.6 Å². The van der Waals surface area contributed by atoms with Crippen molar-refractivity contribution in [2.24, 2.45) is 5.92 Å². The van der Waals surface area contributed by atoms with Crippen LogP contribution in [0.5, 0.6) is 0 Å². The number of piperidine rings is 1. The van der Waals surface area contributed by atoms with E-state index in [1.165, 1.54) is 12.8 Å². The molecule has 4 nitrogen and oxygen atoms in total. The topological polar surface area (TPSA) is 54.3 Å². The van der Waals surface area contributed by atoms with Gasteiger partial charge in [0.1, 0.15) is 5.58 Å². The number of hydrogen-bond donors (Lipinski definition) is 2. The number of carbonyl (C=O) groups is 1. The molecule has 3 atom stereocenters. The number of hydrogen-bond acceptors (Lipinski definition) is 3. The van der Waals surface area contributed by atoms with E-state index in [1.54, 1.807) is 6.26 Å². The summed E-state index contributed by atoms with van der Waals surface area (Å²) in [6, 6.07) is 8.57. The standard InChI is InChI=1S/C15H16N2O2/c18-15(16-8-10-6-9-7-13(9)17-10)12-2-1-3-14-11(12)4-5-19-14/h1-5,9-10,13,17H,6-8H2,(H,16,18)/t9-,10+,13+/m1/s1. The summed E-state index contributed by atoms with van der Waals surface area (Å²) in [5.41, 5.74) is 1.45. The van der Waals surface area contributed by atoms with Gasteiger partial charge in [0.2, 0.25) is 0 Å². The van der Waals surface area contributed by atoms with Gasteiger partial charge in [0.15, 0.2) is 0 Å². The van der Waals surface area contributed by atoms with E-state index in [0.29, 0.717) is 18.2 Å². The first-order valence-corrected chi connectivity index (χ1v) is 6.82. The van der Waals surface area contributed by atoms with Gasteiger partial charge in [0.25, 0.3) is 5.91 Å². The zero-order valence-corrected chi connectivity index (χ0v) is 10.6. The molecule has 98 valence electrons. The average Bonchev–Trinajstić information content (AvgIpc) is 2.87. The fourth-order valence-electron chi connectivity index (χ4n) is 3.09. The molecule has 0 spiro atoms. The zero-order valence-electron chi connectivity index (χ0n) is 10.6. The summed E-state index contributed by atoms with van der Waals surface area (Å²) in [6.45, 7) is 0.708. The fourth-order valence-corrected chi connectivity index (χ4v) is 3.09. The summed E-state index contributed by atoms with van der Waals surface area (Å²) in [6.07, 6.45) is 4.13. The van der Waals surface area contributed by atoms with Crippen molar-refractivity contribution in [2.75, 3.05) is 6.54 Å². The highest BCUT2D eigenvalue weighted by molar-refractivity contribution is 6.05. The number of furan rings is 1. The van der Waals surface area contributed by atoms with Crippen molar-refractivity contribution in [3.05, 3.63) is 36.1 Å². The van der Waals surface area contributed by atoms with Crippen LogP contribution in [-0.2, 0) is 0 Å². The average molecular weight is 256 g/mol. The normalized spacial score (nSPS) is 28.3. The molecule has 1 aliphatic carbocycles. The molecular weight excluding hydrogens is 240 g/mol. The second-order valence-corrected chi connectivity index (χ2v) is 5.55. The second kappa shape index (κ2) is 4.10. The van der Waals surface area contributed by atoms with Gasteiger partial charge in [-0.15, -0.1) is 0 Å². The molecule has 1 amide bonds. The Kier molecular flexibility index (Phi) is 2.38. The monoisotopic (exact) mass is 256 g/mol. The van der Waals surface area contributed by atoms with E-state index < -0.39 is 0 Å². The van der Waals surface area contributed by atoms with Gasteiger partial charge >= 0.3 is 0 Å². The van der Waals surface area contributed by atoms with Crippen LogP contribution < -0.4 is 10.6 Å². The van der Waals surface area contributed by atoms with Crippen LogP contribution in [-0.4, -0.2) is 24.5 Å². The van der Waals surface area contributed by atoms with E-state index in [4.69, 9.17) is 4.42 Å². The van der Waals surface area contributed by atoms with Gasteiger partial charge < -0.3 is 15.1 Å². The number of amides is 1. The fraction of sp³-hybridized carbons (Fsp3) is 0.400. The van der Waals surface area contributed by atoms with E-state index in [1.807, 2.05) is 24.3 Å². The smallest absolute Gasteiger partial charge is 0.252 e. The molecule has 2 N–H and O–H groups in total. The van der Waals surface area contributed by atoms with Crippen molar-refractivity contribution >= 4 is 16.9 Å². The van der Waals surface area contributed by atoms with Crippen LogP contribution in [0.3, 0.4) is 0 Å². The summed E-state index contributed by atoms with van der Waals surface area (Å²) in [5.74, 6) is 0.841. The number of benzene rings is 1. The Morgan fingerprint density at radius 1 is 1.37 bits per heavy atom. The molecule has 19 heavy (non-hydrogen) atoms. The molecule has 4 heteroatoms. The van der Waals surface area contributed by atoms with E-state index in [-0.39, 0.29) is 5.91 Å². The van der Waals surface area contributed by atoms with Crippen LogP contribution in [0.2, 0.25) is 0 Å². The summed E-state index contributed by atoms with van der Waals surface area (Å²) in [4.78, 5) is 12.2. The van der Waals surface area contributed by atoms with Crippen LogP contribution in [0.1, 0.15) is 23.2 Å². The van der Waals surface area contributed by atoms with Gasteiger partial charge in [-0.3, -0.25) is 4.79 Å². The molecule has 4 rings (SSSR count). The van der Waals surface area contributed by atoms with Crippen LogP contribution >= 0.6 is 0 Å². The molecule has 2 heterocycles. The SMILES string of the molecule is O=C(NC[C@@H]1C[C@@H]2C[C@@H]2N1)c1cccc2occc12. The first-order valence-electron chi connectivity index (χ1n) is 6.82. The lowest BCUT2D eigenvalue weighted by atomic mass is 10.1. The van der Waals surface area contributed by atoms with Gasteiger partial charge in [-0.2, -0.15) is 0 Å². The molecule has 1 aromatic carbocycles. The first kappa shape index (κ1) is 11.1. The molecule has 2 fully saturated rings. The molecule has 0 radical (unpaired) electrons. The highest BCUT2D eigenvalue weighted by Gasteiger charge is 2.45. The maximum absolute atomic E-state index is 12.2. The van der Waals surface area contributed by atoms with E-state index >= 15 is 0 Å². The predicted octanol–water partition coefficient (Wildman–Crippen LogP) is 1.91. The zero-order chi connectivity index (χ0) is 12.8. The lowest BCUT2D eigenvalue weighted by Crippen LogP contribution is -2.38. The van der Waals surface area contributed by atoms with Crippen molar-refractivity contribution in [1.82, 2.24) is 10.6 Å². The molecule has 2 aromatic rings. The van der Waals surface area contributed by atoms with Gasteiger partial charge in [0.05, 0.1) is 11.8 Å². The molecule has 0 bridgehead atoms. The Morgan fingerprint density at radius 3 is 3.16 bits per heavy atom. The molecule has 1 aliphatic heterocycles. The minimum Gasteiger partial charge on any atom is -0.464 e. The van der Waals surface area contributed by atoms with E-state index in [0.717, 1.165) is 22.9 Å². The molecule has 2 aliphatic rings. The first-order chi connectivity index (χ1) is 9.31.